The summed E-state index contributed by atoms with van der Waals surface area (Å²) in [6, 6.07) is 29.2. The average molecular weight is 921 g/mol. The van der Waals surface area contributed by atoms with Gasteiger partial charge in [0.1, 0.15) is 24.6 Å². The minimum Gasteiger partial charge on any atom is -0.493 e. The monoisotopic (exact) mass is 920 g/mol. The van der Waals surface area contributed by atoms with Crippen molar-refractivity contribution in [1.29, 1.82) is 0 Å². The summed E-state index contributed by atoms with van der Waals surface area (Å²) in [7, 11) is 1.57. The maximum absolute atomic E-state index is 14.2. The molecular formula is C55H60N4O9. The van der Waals surface area contributed by atoms with Crippen molar-refractivity contribution in [3.8, 4) is 17.2 Å². The first kappa shape index (κ1) is 46.4. The molecule has 0 spiro atoms. The van der Waals surface area contributed by atoms with E-state index in [2.05, 4.69) is 19.1 Å². The van der Waals surface area contributed by atoms with Crippen molar-refractivity contribution in [3.05, 3.63) is 136 Å². The fourth-order valence-corrected chi connectivity index (χ4v) is 9.55. The van der Waals surface area contributed by atoms with E-state index in [1.807, 2.05) is 117 Å². The Bertz CT molecular complexity index is 2740. The standard InChI is InChI=1S/C55H60N4O9/c1-7-19-64-21-22-65-20-18-57(54(62)68-55(3,4)5)42-25-36(33-66-49-31-46-45(23-35(49)2)53(61)59-43(32-56-46)28-40-13-9-11-15-48(40)59)24-37(26-42)34-67-51-29-38-16-17-41-27-39-12-8-10-14-47(39)58(41)52(60)44(38)30-50(51)63-6/h8-15,23-26,29-32,41,43H,7,16-22,27-28,33-34H2,1-6H3/t41-,43+/m1/s1. The molecule has 4 heterocycles. The molecule has 2 atom stereocenters. The number of methoxy groups -OCH3 is 1. The topological polar surface area (TPSA) is 129 Å². The highest BCUT2D eigenvalue weighted by Gasteiger charge is 2.38. The van der Waals surface area contributed by atoms with E-state index in [0.717, 1.165) is 58.5 Å². The van der Waals surface area contributed by atoms with E-state index in [0.29, 0.717) is 72.4 Å². The van der Waals surface area contributed by atoms with Crippen LogP contribution in [0.25, 0.3) is 0 Å². The molecule has 0 saturated carbocycles. The lowest BCUT2D eigenvalue weighted by Crippen LogP contribution is -2.39. The van der Waals surface area contributed by atoms with Crippen LogP contribution >= 0.6 is 0 Å². The van der Waals surface area contributed by atoms with Crippen LogP contribution in [0.15, 0.2) is 96.0 Å². The molecule has 68 heavy (non-hydrogen) atoms. The number of aryl methyl sites for hydroxylation is 2. The second-order valence-electron chi connectivity index (χ2n) is 18.8. The molecular weight excluding hydrogens is 861 g/mol. The number of hydrogen-bond donors (Lipinski definition) is 0. The third-order valence-corrected chi connectivity index (χ3v) is 12.7. The number of amides is 3. The molecule has 0 saturated heterocycles. The van der Waals surface area contributed by atoms with Crippen molar-refractivity contribution in [3.63, 3.8) is 0 Å². The molecule has 4 aliphatic heterocycles. The zero-order chi connectivity index (χ0) is 47.5. The molecule has 3 amide bonds. The fraction of sp³-hybridized carbons (Fsp3) is 0.382. The molecule has 0 N–H and O–H groups in total. The van der Waals surface area contributed by atoms with Gasteiger partial charge in [-0.25, -0.2) is 4.79 Å². The van der Waals surface area contributed by atoms with Crippen LogP contribution in [0.5, 0.6) is 17.2 Å². The Balaban J connectivity index is 0.999. The van der Waals surface area contributed by atoms with Crippen molar-refractivity contribution < 1.29 is 42.8 Å². The van der Waals surface area contributed by atoms with Gasteiger partial charge in [0.2, 0.25) is 0 Å². The summed E-state index contributed by atoms with van der Waals surface area (Å²) in [6.45, 7) is 11.7. The number of nitrogens with zero attached hydrogens (tertiary/aromatic N) is 4. The minimum absolute atomic E-state index is 0.0384. The third kappa shape index (κ3) is 9.82. The molecule has 0 radical (unpaired) electrons. The zero-order valence-corrected chi connectivity index (χ0v) is 39.8. The largest absolute Gasteiger partial charge is 0.493 e. The number of anilines is 3. The van der Waals surface area contributed by atoms with Gasteiger partial charge in [-0.2, -0.15) is 0 Å². The molecule has 0 bridgehead atoms. The number of ether oxygens (including phenoxy) is 6. The van der Waals surface area contributed by atoms with E-state index in [1.54, 1.807) is 18.1 Å². The predicted molar refractivity (Wildman–Crippen MR) is 263 cm³/mol. The Labute approximate surface area is 398 Å². The minimum atomic E-state index is -0.759. The molecule has 0 fully saturated rings. The maximum Gasteiger partial charge on any atom is 0.414 e. The highest BCUT2D eigenvalue weighted by atomic mass is 16.6. The molecule has 5 aromatic carbocycles. The van der Waals surface area contributed by atoms with Gasteiger partial charge in [0.15, 0.2) is 11.5 Å². The SMILES string of the molecule is CCCOCCOCCN(C(=O)OC(C)(C)C)c1cc(COc2cc3c(cc2C)C(=O)N2c4ccccc4C[C@H]2C=N3)cc(COc2cc3c(cc2OC)C(=O)N2c4ccccc4C[C@H]2CC3)c1. The maximum atomic E-state index is 14.2. The molecule has 0 aliphatic carbocycles. The number of benzene rings is 5. The first-order valence-corrected chi connectivity index (χ1v) is 23.7. The smallest absolute Gasteiger partial charge is 0.414 e. The molecule has 0 aromatic heterocycles. The third-order valence-electron chi connectivity index (χ3n) is 12.7. The van der Waals surface area contributed by atoms with Crippen molar-refractivity contribution in [2.45, 2.75) is 97.6 Å². The number of rotatable bonds is 16. The summed E-state index contributed by atoms with van der Waals surface area (Å²) in [6.07, 6.45) is 5.30. The van der Waals surface area contributed by atoms with Crippen LogP contribution in [0.2, 0.25) is 0 Å². The number of carbonyl (C=O) groups is 3. The molecule has 0 unspecified atom stereocenters. The van der Waals surface area contributed by atoms with Gasteiger partial charge in [-0.1, -0.05) is 43.3 Å². The van der Waals surface area contributed by atoms with Crippen molar-refractivity contribution in [2.75, 3.05) is 54.8 Å². The van der Waals surface area contributed by atoms with Gasteiger partial charge in [-0.3, -0.25) is 24.4 Å². The number of para-hydroxylation sites is 2. The van der Waals surface area contributed by atoms with Gasteiger partial charge in [0, 0.05) is 54.0 Å². The number of fused-ring (bicyclic) bond motifs is 8. The van der Waals surface area contributed by atoms with Gasteiger partial charge < -0.3 is 33.3 Å². The van der Waals surface area contributed by atoms with E-state index >= 15 is 0 Å². The summed E-state index contributed by atoms with van der Waals surface area (Å²) < 4.78 is 36.5. The first-order valence-electron chi connectivity index (χ1n) is 23.7. The van der Waals surface area contributed by atoms with Crippen LogP contribution in [0.4, 0.5) is 27.5 Å². The van der Waals surface area contributed by atoms with Crippen molar-refractivity contribution >= 4 is 46.9 Å². The lowest BCUT2D eigenvalue weighted by atomic mass is 9.99. The molecule has 354 valence electrons. The average Bonchev–Trinajstić information content (AvgIpc) is 3.81. The van der Waals surface area contributed by atoms with E-state index in [1.165, 1.54) is 5.56 Å². The van der Waals surface area contributed by atoms with Crippen LogP contribution in [-0.2, 0) is 46.7 Å². The Kier molecular flexibility index (Phi) is 13.6. The second-order valence-corrected chi connectivity index (χ2v) is 18.8. The van der Waals surface area contributed by atoms with Crippen LogP contribution in [-0.4, -0.2) is 81.9 Å². The van der Waals surface area contributed by atoms with Gasteiger partial charge >= 0.3 is 6.09 Å². The summed E-state index contributed by atoms with van der Waals surface area (Å²) in [5, 5.41) is 0. The van der Waals surface area contributed by atoms with Crippen LogP contribution in [0, 0.1) is 6.92 Å². The van der Waals surface area contributed by atoms with E-state index in [9.17, 15) is 14.4 Å². The van der Waals surface area contributed by atoms with Gasteiger partial charge in [0.25, 0.3) is 11.8 Å². The van der Waals surface area contributed by atoms with Gasteiger partial charge in [-0.15, -0.1) is 0 Å². The van der Waals surface area contributed by atoms with Crippen molar-refractivity contribution in [1.82, 2.24) is 0 Å². The Hall–Kier alpha value is -6.70. The lowest BCUT2D eigenvalue weighted by molar-refractivity contribution is 0.0447. The highest BCUT2D eigenvalue weighted by molar-refractivity contribution is 6.14. The number of aliphatic imine (C=N–C) groups is 1. The van der Waals surface area contributed by atoms with E-state index in [-0.39, 0.29) is 50.3 Å². The molecule has 4 aliphatic rings. The van der Waals surface area contributed by atoms with Gasteiger partial charge in [-0.05, 0) is 135 Å². The summed E-state index contributed by atoms with van der Waals surface area (Å²) >= 11 is 0. The van der Waals surface area contributed by atoms with Crippen LogP contribution < -0.4 is 28.9 Å². The zero-order valence-electron chi connectivity index (χ0n) is 39.8. The predicted octanol–water partition coefficient (Wildman–Crippen LogP) is 10.2. The van der Waals surface area contributed by atoms with E-state index < -0.39 is 11.7 Å². The molecule has 5 aromatic rings. The fourth-order valence-electron chi connectivity index (χ4n) is 9.55. The normalized spacial score (nSPS) is 16.7. The quantitative estimate of drug-likeness (QED) is 0.0889. The second kappa shape index (κ2) is 19.9. The van der Waals surface area contributed by atoms with Gasteiger partial charge in [0.05, 0.1) is 50.8 Å². The molecule has 13 nitrogen and oxygen atoms in total. The number of hydrogen-bond acceptors (Lipinski definition) is 10. The summed E-state index contributed by atoms with van der Waals surface area (Å²) in [4.78, 5) is 52.4. The molecule has 13 heteroatoms. The lowest BCUT2D eigenvalue weighted by Gasteiger charge is -2.28. The first-order chi connectivity index (χ1) is 32.9. The van der Waals surface area contributed by atoms with Crippen LogP contribution in [0.1, 0.15) is 94.6 Å². The Morgan fingerprint density at radius 3 is 2.10 bits per heavy atom. The highest BCUT2D eigenvalue weighted by Crippen LogP contribution is 2.42. The number of carbonyl (C=O) groups excluding carboxylic acids is 3. The van der Waals surface area contributed by atoms with E-state index in [4.69, 9.17) is 33.4 Å². The Morgan fingerprint density at radius 2 is 1.40 bits per heavy atom. The van der Waals surface area contributed by atoms with Crippen molar-refractivity contribution in [2.24, 2.45) is 4.99 Å². The Morgan fingerprint density at radius 1 is 0.735 bits per heavy atom. The summed E-state index contributed by atoms with van der Waals surface area (Å²) in [5.41, 5.74) is 8.87. The van der Waals surface area contributed by atoms with Crippen LogP contribution in [0.3, 0.4) is 0 Å². The molecule has 9 rings (SSSR count). The summed E-state index contributed by atoms with van der Waals surface area (Å²) in [5.74, 6) is 1.40.